The summed E-state index contributed by atoms with van der Waals surface area (Å²) in [5.74, 6) is 0.162. The predicted molar refractivity (Wildman–Crippen MR) is 164 cm³/mol. The summed E-state index contributed by atoms with van der Waals surface area (Å²) in [6.45, 7) is 8.18. The van der Waals surface area contributed by atoms with Crippen LogP contribution in [0.25, 0.3) is 22.8 Å². The molecule has 12 heteroatoms. The van der Waals surface area contributed by atoms with Gasteiger partial charge in [-0.05, 0) is 81.8 Å². The molecular weight excluding hydrogens is 593 g/mol. The summed E-state index contributed by atoms with van der Waals surface area (Å²) < 4.78 is 30.1. The van der Waals surface area contributed by atoms with Gasteiger partial charge in [-0.2, -0.15) is 4.98 Å². The third kappa shape index (κ3) is 5.45. The number of nitrogens with zero attached hydrogens (tertiary/aromatic N) is 4. The molecule has 0 unspecified atom stereocenters. The van der Waals surface area contributed by atoms with E-state index in [1.807, 2.05) is 52.0 Å². The Kier molecular flexibility index (Phi) is 7.06. The normalized spacial score (nSPS) is 20.1. The van der Waals surface area contributed by atoms with E-state index in [0.29, 0.717) is 61.4 Å². The van der Waals surface area contributed by atoms with E-state index < -0.39 is 23.1 Å². The molecule has 2 aliphatic carbocycles. The van der Waals surface area contributed by atoms with E-state index in [9.17, 15) is 18.8 Å². The maximum absolute atomic E-state index is 13.4. The molecule has 238 valence electrons. The van der Waals surface area contributed by atoms with Crippen molar-refractivity contribution in [3.05, 3.63) is 70.9 Å². The summed E-state index contributed by atoms with van der Waals surface area (Å²) >= 11 is 0. The number of piperidine rings is 1. The molecule has 4 aromatic rings. The average Bonchev–Trinajstić information content (AvgIpc) is 3.38. The smallest absolute Gasteiger partial charge is 0.410 e. The molecule has 2 amide bonds. The number of hydrogen-bond acceptors (Lipinski definition) is 9. The van der Waals surface area contributed by atoms with E-state index in [2.05, 4.69) is 20.4 Å². The molecule has 1 saturated carbocycles. The number of rotatable bonds is 5. The van der Waals surface area contributed by atoms with Gasteiger partial charge < -0.3 is 23.9 Å². The molecule has 2 fully saturated rings. The second-order valence-electron chi connectivity index (χ2n) is 13.3. The van der Waals surface area contributed by atoms with Crippen LogP contribution < -0.4 is 5.32 Å². The lowest BCUT2D eigenvalue weighted by molar-refractivity contribution is -0.124. The first-order chi connectivity index (χ1) is 21.9. The van der Waals surface area contributed by atoms with Gasteiger partial charge in [0.15, 0.2) is 0 Å². The van der Waals surface area contributed by atoms with Crippen molar-refractivity contribution in [3.8, 4) is 22.8 Å². The van der Waals surface area contributed by atoms with Gasteiger partial charge in [0.1, 0.15) is 17.6 Å². The average molecular weight is 628 g/mol. The standard InChI is InChI=1S/C34H34FN5O6/c1-18-5-6-20(28-38-31(46-39-28)22-16-24(22)35)14-25(18)37-29(42)26-17-36-30(44-26)21-8-7-19-15-27(41)34(23(19)13-21)9-11-40(12-10-34)32(43)45-33(2,3)4/h5-8,13-14,17,22,24H,9-12,15-16H2,1-4H3,(H,37,42)/t22-,24-/m0/s1. The van der Waals surface area contributed by atoms with Crippen LogP contribution in [0.5, 0.6) is 0 Å². The predicted octanol–water partition coefficient (Wildman–Crippen LogP) is 6.17. The van der Waals surface area contributed by atoms with Crippen LogP contribution in [0.2, 0.25) is 0 Å². The SMILES string of the molecule is Cc1ccc(-c2noc([C@H]3C[C@@H]3F)n2)cc1NC(=O)c1cnc(-c2ccc3c(c2)C2(CCN(C(=O)OC(C)(C)C)CC2)C(=O)C3)o1. The summed E-state index contributed by atoms with van der Waals surface area (Å²) in [4.78, 5) is 49.6. The van der Waals surface area contributed by atoms with Gasteiger partial charge >= 0.3 is 6.09 Å². The first-order valence-corrected chi connectivity index (χ1v) is 15.4. The zero-order valence-electron chi connectivity index (χ0n) is 26.1. The summed E-state index contributed by atoms with van der Waals surface area (Å²) in [5.41, 5.74) is 3.18. The first-order valence-electron chi connectivity index (χ1n) is 15.4. The number of fused-ring (bicyclic) bond motifs is 2. The van der Waals surface area contributed by atoms with Crippen LogP contribution in [0.4, 0.5) is 14.9 Å². The lowest BCUT2D eigenvalue weighted by Gasteiger charge is -2.39. The summed E-state index contributed by atoms with van der Waals surface area (Å²) in [7, 11) is 0. The van der Waals surface area contributed by atoms with Crippen LogP contribution in [0, 0.1) is 6.92 Å². The number of aryl methyl sites for hydroxylation is 1. The number of likely N-dealkylation sites (tertiary alicyclic amines) is 1. The Morgan fingerprint density at radius 1 is 1.11 bits per heavy atom. The van der Waals surface area contributed by atoms with Crippen LogP contribution >= 0.6 is 0 Å². The van der Waals surface area contributed by atoms with Crippen LogP contribution in [-0.4, -0.2) is 62.7 Å². The lowest BCUT2D eigenvalue weighted by Crippen LogP contribution is -2.48. The van der Waals surface area contributed by atoms with E-state index in [4.69, 9.17) is 13.7 Å². The maximum atomic E-state index is 13.4. The molecule has 1 N–H and O–H groups in total. The maximum Gasteiger partial charge on any atom is 0.410 e. The number of hydrogen-bond donors (Lipinski definition) is 1. The number of ether oxygens (including phenoxy) is 1. The first kappa shape index (κ1) is 29.8. The van der Waals surface area contributed by atoms with E-state index in [1.54, 1.807) is 17.0 Å². The van der Waals surface area contributed by atoms with Crippen LogP contribution in [0.1, 0.15) is 79.1 Å². The molecule has 46 heavy (non-hydrogen) atoms. The number of benzene rings is 2. The van der Waals surface area contributed by atoms with Crippen molar-refractivity contribution >= 4 is 23.5 Å². The van der Waals surface area contributed by atoms with E-state index in [-0.39, 0.29) is 35.3 Å². The Labute approximate surface area is 264 Å². The van der Waals surface area contributed by atoms with E-state index >= 15 is 0 Å². The summed E-state index contributed by atoms with van der Waals surface area (Å²) in [6, 6.07) is 11.0. The molecule has 0 bridgehead atoms. The third-order valence-corrected chi connectivity index (χ3v) is 8.97. The quantitative estimate of drug-likeness (QED) is 0.275. The van der Waals surface area contributed by atoms with Gasteiger partial charge in [-0.1, -0.05) is 23.4 Å². The largest absolute Gasteiger partial charge is 0.444 e. The number of aromatic nitrogens is 3. The number of nitrogens with one attached hydrogen (secondary N) is 1. The zero-order valence-corrected chi connectivity index (χ0v) is 26.1. The summed E-state index contributed by atoms with van der Waals surface area (Å²) in [5, 5.41) is 6.84. The minimum atomic E-state index is -0.947. The molecule has 0 radical (unpaired) electrons. The minimum Gasteiger partial charge on any atom is -0.444 e. The monoisotopic (exact) mass is 627 g/mol. The highest BCUT2D eigenvalue weighted by Crippen LogP contribution is 2.46. The topological polar surface area (TPSA) is 141 Å². The molecule has 2 atom stereocenters. The Morgan fingerprint density at radius 2 is 1.85 bits per heavy atom. The molecule has 1 aliphatic heterocycles. The van der Waals surface area contributed by atoms with Crippen molar-refractivity contribution < 1.29 is 32.5 Å². The molecule has 3 aliphatic rings. The molecule has 7 rings (SSSR count). The molecule has 1 saturated heterocycles. The van der Waals surface area contributed by atoms with Crippen molar-refractivity contribution in [2.75, 3.05) is 18.4 Å². The van der Waals surface area contributed by atoms with Crippen molar-refractivity contribution in [1.82, 2.24) is 20.0 Å². The number of carbonyl (C=O) groups is 3. The highest BCUT2D eigenvalue weighted by molar-refractivity contribution is 6.03. The number of carbonyl (C=O) groups excluding carboxylic acids is 3. The number of alkyl halides is 1. The summed E-state index contributed by atoms with van der Waals surface area (Å²) in [6.07, 6.45) is 1.77. The van der Waals surface area contributed by atoms with Gasteiger partial charge in [0, 0.05) is 36.3 Å². The van der Waals surface area contributed by atoms with Gasteiger partial charge in [-0.3, -0.25) is 9.59 Å². The van der Waals surface area contributed by atoms with Gasteiger partial charge in [0.05, 0.1) is 17.5 Å². The molecule has 11 nitrogen and oxygen atoms in total. The Hall–Kier alpha value is -4.87. The van der Waals surface area contributed by atoms with Crippen molar-refractivity contribution in [2.24, 2.45) is 0 Å². The third-order valence-electron chi connectivity index (χ3n) is 8.97. The zero-order chi connectivity index (χ0) is 32.4. The number of halogens is 1. The minimum absolute atomic E-state index is 0.0151. The van der Waals surface area contributed by atoms with Gasteiger partial charge in [-0.15, -0.1) is 0 Å². The highest BCUT2D eigenvalue weighted by atomic mass is 19.1. The second-order valence-corrected chi connectivity index (χ2v) is 13.3. The van der Waals surface area contributed by atoms with Gasteiger partial charge in [0.25, 0.3) is 5.91 Å². The second kappa shape index (κ2) is 10.9. The van der Waals surface area contributed by atoms with Crippen LogP contribution in [0.3, 0.4) is 0 Å². The van der Waals surface area contributed by atoms with Crippen molar-refractivity contribution in [2.45, 2.75) is 76.5 Å². The number of Topliss-reactive ketones (excluding diaryl/α,β-unsaturated/α-hetero) is 1. The van der Waals surface area contributed by atoms with Crippen molar-refractivity contribution in [3.63, 3.8) is 0 Å². The molecule has 1 spiro atoms. The Bertz CT molecular complexity index is 1870. The molecule has 2 aromatic carbocycles. The fraction of sp³-hybridized carbons (Fsp3) is 0.412. The Morgan fingerprint density at radius 3 is 2.57 bits per heavy atom. The highest BCUT2D eigenvalue weighted by Gasteiger charge is 2.49. The number of amides is 2. The number of ketones is 1. The van der Waals surface area contributed by atoms with E-state index in [1.165, 1.54) is 6.20 Å². The molecule has 2 aromatic heterocycles. The van der Waals surface area contributed by atoms with Crippen LogP contribution in [-0.2, 0) is 21.4 Å². The van der Waals surface area contributed by atoms with Crippen molar-refractivity contribution in [1.29, 1.82) is 0 Å². The van der Waals surface area contributed by atoms with Gasteiger partial charge in [0.2, 0.25) is 23.4 Å². The number of oxazole rings is 1. The molecule has 3 heterocycles. The lowest BCUT2D eigenvalue weighted by atomic mass is 9.73. The fourth-order valence-electron chi connectivity index (χ4n) is 6.26. The Balaban J connectivity index is 1.07. The van der Waals surface area contributed by atoms with Crippen LogP contribution in [0.15, 0.2) is 51.5 Å². The van der Waals surface area contributed by atoms with E-state index in [0.717, 1.165) is 16.7 Å². The number of anilines is 1. The molecular formula is C34H34FN5O6. The fourth-order valence-corrected chi connectivity index (χ4v) is 6.26. The van der Waals surface area contributed by atoms with Gasteiger partial charge in [-0.25, -0.2) is 14.2 Å².